The van der Waals surface area contributed by atoms with Crippen LogP contribution in [-0.2, 0) is 0 Å². The fraction of sp³-hybridized carbons (Fsp3) is 0.100. The molecule has 0 aliphatic carbocycles. The minimum absolute atomic E-state index is 0.277. The predicted octanol–water partition coefficient (Wildman–Crippen LogP) is 3.69. The van der Waals surface area contributed by atoms with Gasteiger partial charge in [-0.15, -0.1) is 0 Å². The summed E-state index contributed by atoms with van der Waals surface area (Å²) in [5.41, 5.74) is 0.494. The third kappa shape index (κ3) is 1.73. The Labute approximate surface area is 95.6 Å². The third-order valence-electron chi connectivity index (χ3n) is 2.01. The molecular weight excluding hydrogens is 240 g/mol. The van der Waals surface area contributed by atoms with Gasteiger partial charge in [-0.3, -0.25) is 4.98 Å². The minimum Gasteiger partial charge on any atom is -0.494 e. The van der Waals surface area contributed by atoms with Crippen LogP contribution in [0.1, 0.15) is 0 Å². The number of pyridine rings is 1. The van der Waals surface area contributed by atoms with Crippen LogP contribution >= 0.6 is 23.2 Å². The third-order valence-corrected chi connectivity index (χ3v) is 2.80. The van der Waals surface area contributed by atoms with E-state index < -0.39 is 5.82 Å². The second kappa shape index (κ2) is 3.83. The number of fused-ring (bicyclic) bond motifs is 1. The van der Waals surface area contributed by atoms with Crippen molar-refractivity contribution in [1.82, 2.24) is 4.98 Å². The van der Waals surface area contributed by atoms with Crippen molar-refractivity contribution >= 4 is 34.1 Å². The van der Waals surface area contributed by atoms with E-state index in [1.165, 1.54) is 25.4 Å². The molecule has 78 valence electrons. The SMILES string of the molecule is COc1cc(F)cc2c(Cl)c(Cl)cnc12. The molecule has 0 bridgehead atoms. The van der Waals surface area contributed by atoms with Gasteiger partial charge < -0.3 is 4.74 Å². The van der Waals surface area contributed by atoms with Gasteiger partial charge in [0, 0.05) is 17.6 Å². The first-order chi connectivity index (χ1) is 7.13. The van der Waals surface area contributed by atoms with Crippen LogP contribution in [0.5, 0.6) is 5.75 Å². The van der Waals surface area contributed by atoms with Crippen molar-refractivity contribution in [2.45, 2.75) is 0 Å². The minimum atomic E-state index is -0.440. The summed E-state index contributed by atoms with van der Waals surface area (Å²) in [6.45, 7) is 0. The Kier molecular flexibility index (Phi) is 2.67. The summed E-state index contributed by atoms with van der Waals surface area (Å²) in [4.78, 5) is 4.05. The molecule has 0 aliphatic rings. The van der Waals surface area contributed by atoms with E-state index in [-0.39, 0.29) is 10.0 Å². The molecule has 2 aromatic rings. The zero-order valence-corrected chi connectivity index (χ0v) is 9.23. The lowest BCUT2D eigenvalue weighted by Gasteiger charge is -2.06. The van der Waals surface area contributed by atoms with Gasteiger partial charge in [0.15, 0.2) is 0 Å². The van der Waals surface area contributed by atoms with Crippen molar-refractivity contribution in [3.63, 3.8) is 0 Å². The van der Waals surface area contributed by atoms with E-state index in [4.69, 9.17) is 27.9 Å². The molecule has 5 heteroatoms. The van der Waals surface area contributed by atoms with Crippen LogP contribution in [0.2, 0.25) is 10.0 Å². The molecule has 0 amide bonds. The summed E-state index contributed by atoms with van der Waals surface area (Å²) in [5.74, 6) is -0.103. The number of nitrogens with zero attached hydrogens (tertiary/aromatic N) is 1. The van der Waals surface area contributed by atoms with Crippen LogP contribution in [0.25, 0.3) is 10.9 Å². The van der Waals surface area contributed by atoms with Crippen molar-refractivity contribution in [3.05, 3.63) is 34.2 Å². The second-order valence-electron chi connectivity index (χ2n) is 2.92. The highest BCUT2D eigenvalue weighted by Gasteiger charge is 2.11. The summed E-state index contributed by atoms with van der Waals surface area (Å²) >= 11 is 11.7. The fourth-order valence-corrected chi connectivity index (χ4v) is 1.68. The van der Waals surface area contributed by atoms with Crippen molar-refractivity contribution < 1.29 is 9.13 Å². The Hall–Kier alpha value is -1.06. The van der Waals surface area contributed by atoms with Crippen LogP contribution in [-0.4, -0.2) is 12.1 Å². The number of rotatable bonds is 1. The normalized spacial score (nSPS) is 10.7. The fourth-order valence-electron chi connectivity index (χ4n) is 1.34. The molecule has 0 unspecified atom stereocenters. The summed E-state index contributed by atoms with van der Waals surface area (Å²) in [6, 6.07) is 2.53. The van der Waals surface area contributed by atoms with Gasteiger partial charge in [0.1, 0.15) is 17.1 Å². The van der Waals surface area contributed by atoms with E-state index >= 15 is 0 Å². The molecule has 2 nitrogen and oxygen atoms in total. The Balaban J connectivity index is 2.89. The van der Waals surface area contributed by atoms with Crippen molar-refractivity contribution in [2.75, 3.05) is 7.11 Å². The molecule has 0 fully saturated rings. The Morgan fingerprint density at radius 3 is 2.73 bits per heavy atom. The van der Waals surface area contributed by atoms with Crippen LogP contribution in [0.4, 0.5) is 4.39 Å². The summed E-state index contributed by atoms with van der Waals surface area (Å²) in [7, 11) is 1.44. The molecule has 0 saturated carbocycles. The van der Waals surface area contributed by atoms with E-state index in [1.54, 1.807) is 0 Å². The molecule has 0 aliphatic heterocycles. The summed E-state index contributed by atoms with van der Waals surface area (Å²) < 4.78 is 18.2. The van der Waals surface area contributed by atoms with Crippen LogP contribution in [0, 0.1) is 5.82 Å². The van der Waals surface area contributed by atoms with Crippen LogP contribution in [0.3, 0.4) is 0 Å². The number of ether oxygens (including phenoxy) is 1. The number of methoxy groups -OCH3 is 1. The van der Waals surface area contributed by atoms with Gasteiger partial charge in [0.25, 0.3) is 0 Å². The molecule has 0 saturated heterocycles. The van der Waals surface area contributed by atoms with Gasteiger partial charge in [0.2, 0.25) is 0 Å². The Morgan fingerprint density at radius 1 is 1.33 bits per heavy atom. The lowest BCUT2D eigenvalue weighted by molar-refractivity contribution is 0.415. The highest BCUT2D eigenvalue weighted by atomic mass is 35.5. The standard InChI is InChI=1S/C10H6Cl2FNO/c1-15-8-3-5(13)2-6-9(12)7(11)4-14-10(6)8/h2-4H,1H3. The van der Waals surface area contributed by atoms with E-state index in [0.717, 1.165) is 0 Å². The summed E-state index contributed by atoms with van der Waals surface area (Å²) in [5, 5.41) is 1.01. The van der Waals surface area contributed by atoms with Gasteiger partial charge in [-0.05, 0) is 6.07 Å². The van der Waals surface area contributed by atoms with Gasteiger partial charge in [-0.2, -0.15) is 0 Å². The second-order valence-corrected chi connectivity index (χ2v) is 3.71. The van der Waals surface area contributed by atoms with Gasteiger partial charge in [-0.25, -0.2) is 4.39 Å². The molecule has 15 heavy (non-hydrogen) atoms. The molecule has 1 aromatic carbocycles. The number of halogens is 3. The van der Waals surface area contributed by atoms with Crippen molar-refractivity contribution in [2.24, 2.45) is 0 Å². The molecule has 0 atom stereocenters. The molecule has 1 aromatic heterocycles. The zero-order chi connectivity index (χ0) is 11.0. The smallest absolute Gasteiger partial charge is 0.148 e. The average Bonchev–Trinajstić information content (AvgIpc) is 2.23. The van der Waals surface area contributed by atoms with E-state index in [1.807, 2.05) is 0 Å². The van der Waals surface area contributed by atoms with Crippen LogP contribution < -0.4 is 4.74 Å². The highest BCUT2D eigenvalue weighted by molar-refractivity contribution is 6.45. The average molecular weight is 246 g/mol. The van der Waals surface area contributed by atoms with E-state index in [9.17, 15) is 4.39 Å². The molecule has 0 spiro atoms. The Morgan fingerprint density at radius 2 is 2.07 bits per heavy atom. The van der Waals surface area contributed by atoms with Crippen molar-refractivity contribution in [3.8, 4) is 5.75 Å². The molecule has 2 rings (SSSR count). The number of benzene rings is 1. The molecule has 1 heterocycles. The van der Waals surface area contributed by atoms with Crippen LogP contribution in [0.15, 0.2) is 18.3 Å². The Bertz CT molecular complexity index is 530. The van der Waals surface area contributed by atoms with Gasteiger partial charge >= 0.3 is 0 Å². The quantitative estimate of drug-likeness (QED) is 0.765. The summed E-state index contributed by atoms with van der Waals surface area (Å²) in [6.07, 6.45) is 1.41. The van der Waals surface area contributed by atoms with E-state index in [0.29, 0.717) is 16.7 Å². The first-order valence-corrected chi connectivity index (χ1v) is 4.86. The maximum absolute atomic E-state index is 13.2. The largest absolute Gasteiger partial charge is 0.494 e. The number of hydrogen-bond donors (Lipinski definition) is 0. The van der Waals surface area contributed by atoms with E-state index in [2.05, 4.69) is 4.98 Å². The predicted molar refractivity (Wildman–Crippen MR) is 58.3 cm³/mol. The maximum atomic E-state index is 13.2. The lowest BCUT2D eigenvalue weighted by Crippen LogP contribution is -1.90. The number of aromatic nitrogens is 1. The first-order valence-electron chi connectivity index (χ1n) is 4.10. The monoisotopic (exact) mass is 245 g/mol. The topological polar surface area (TPSA) is 22.1 Å². The van der Waals surface area contributed by atoms with Gasteiger partial charge in [0.05, 0.1) is 17.2 Å². The molecule has 0 N–H and O–H groups in total. The van der Waals surface area contributed by atoms with Gasteiger partial charge in [-0.1, -0.05) is 23.2 Å². The van der Waals surface area contributed by atoms with Crippen molar-refractivity contribution in [1.29, 1.82) is 0 Å². The maximum Gasteiger partial charge on any atom is 0.148 e. The highest BCUT2D eigenvalue weighted by Crippen LogP contribution is 2.34. The number of hydrogen-bond acceptors (Lipinski definition) is 2. The molecular formula is C10H6Cl2FNO. The molecule has 0 radical (unpaired) electrons. The lowest BCUT2D eigenvalue weighted by atomic mass is 10.2. The first kappa shape index (κ1) is 10.5. The zero-order valence-electron chi connectivity index (χ0n) is 7.72.